The van der Waals surface area contributed by atoms with Gasteiger partial charge in [0, 0.05) is 86.7 Å². The minimum absolute atomic E-state index is 0. The molecule has 0 aliphatic heterocycles. The molecule has 0 saturated carbocycles. The first-order valence-electron chi connectivity index (χ1n) is 20.8. The van der Waals surface area contributed by atoms with Crippen molar-refractivity contribution >= 4 is 105 Å². The first kappa shape index (κ1) is 66.5. The molecule has 8 rings (SSSR count). The van der Waals surface area contributed by atoms with E-state index < -0.39 is 12.7 Å². The molecule has 0 amide bonds. The van der Waals surface area contributed by atoms with Crippen LogP contribution in [0.5, 0.6) is 0 Å². The summed E-state index contributed by atoms with van der Waals surface area (Å²) in [6.45, 7) is 5.09. The second kappa shape index (κ2) is 35.6. The summed E-state index contributed by atoms with van der Waals surface area (Å²) in [5, 5.41) is 32.7. The maximum Gasteiger partial charge on any atom is 1.00 e. The van der Waals surface area contributed by atoms with E-state index in [9.17, 15) is 13.9 Å². The predicted molar refractivity (Wildman–Crippen MR) is 290 cm³/mol. The van der Waals surface area contributed by atoms with Crippen LogP contribution in [0.25, 0.3) is 33.3 Å². The summed E-state index contributed by atoms with van der Waals surface area (Å²) in [7, 11) is 4.14. The van der Waals surface area contributed by atoms with E-state index in [1.165, 1.54) is 0 Å². The van der Waals surface area contributed by atoms with Gasteiger partial charge in [-0.3, -0.25) is 0 Å². The topological polar surface area (TPSA) is 134 Å². The maximum absolute atomic E-state index is 12.3. The summed E-state index contributed by atoms with van der Waals surface area (Å²) in [6.07, 6.45) is 0. The molecular weight excluding hydrogens is 1110 g/mol. The van der Waals surface area contributed by atoms with Gasteiger partial charge in [-0.15, -0.1) is 5.60 Å². The second-order valence-corrected chi connectivity index (χ2v) is 18.1. The number of hydrogen-bond donors (Lipinski definition) is 4. The molecule has 0 spiro atoms. The number of alkyl halides is 2. The van der Waals surface area contributed by atoms with E-state index >= 15 is 0 Å². The van der Waals surface area contributed by atoms with Crippen LogP contribution < -0.4 is 113 Å². The first-order chi connectivity index (χ1) is 31.4. The predicted octanol–water partition coefficient (Wildman–Crippen LogP) is 6.90. The third kappa shape index (κ3) is 26.7. The Bertz CT molecular complexity index is 2490. The van der Waals surface area contributed by atoms with Crippen molar-refractivity contribution < 1.29 is 115 Å². The van der Waals surface area contributed by atoms with E-state index in [1.807, 2.05) is 177 Å². The number of hydrogen-bond acceptors (Lipinski definition) is 9. The SMILES string of the molecule is C.CC(C)(C)[O-].CN(CCF)c1ccc(-c2cc3ccccc3o2)cc1.CN(CCF)c1ccc(Br)cc1.CNc1ccc(Br)cc1.Nc1ccc(Br)cc1.OB(O)c1cc2ccccc2o1.[H-].[K+].[Na+]. The molecule has 8 aromatic rings. The molecular formula is C52H62BBr3F2KN4NaO5. The van der Waals surface area contributed by atoms with Gasteiger partial charge in [0.05, 0.1) is 0 Å². The number of rotatable bonds is 9. The number of anilines is 4. The zero-order valence-corrected chi connectivity index (χ0v) is 49.8. The number of furan rings is 2. The molecule has 17 heteroatoms. The van der Waals surface area contributed by atoms with Gasteiger partial charge in [-0.2, -0.15) is 0 Å². The molecule has 0 radical (unpaired) electrons. The van der Waals surface area contributed by atoms with Crippen molar-refractivity contribution in [2.75, 3.05) is 68.4 Å². The molecule has 9 nitrogen and oxygen atoms in total. The number of benzene rings is 6. The molecule has 0 unspecified atom stereocenters. The fraction of sp³-hybridized carbons (Fsp3) is 0.231. The average molecular weight is 1170 g/mol. The van der Waals surface area contributed by atoms with Gasteiger partial charge in [-0.1, -0.05) is 112 Å². The monoisotopic (exact) mass is 1170 g/mol. The van der Waals surface area contributed by atoms with Crippen molar-refractivity contribution in [2.45, 2.75) is 33.8 Å². The Morgan fingerprint density at radius 2 is 1.03 bits per heavy atom. The van der Waals surface area contributed by atoms with E-state index in [4.69, 9.17) is 24.6 Å². The minimum Gasteiger partial charge on any atom is -1.00 e. The smallest absolute Gasteiger partial charge is 1.00 e. The molecule has 0 aliphatic carbocycles. The van der Waals surface area contributed by atoms with Crippen LogP contribution in [0.1, 0.15) is 29.6 Å². The fourth-order valence-corrected chi connectivity index (χ4v) is 6.21. The Kier molecular flexibility index (Phi) is 34.3. The fourth-order valence-electron chi connectivity index (χ4n) is 5.42. The van der Waals surface area contributed by atoms with Crippen LogP contribution in [-0.4, -0.2) is 70.3 Å². The van der Waals surface area contributed by atoms with Crippen LogP contribution in [0.15, 0.2) is 180 Å². The van der Waals surface area contributed by atoms with E-state index in [0.29, 0.717) is 18.7 Å². The number of nitrogen functional groups attached to an aromatic ring is 1. The number of para-hydroxylation sites is 2. The zero-order chi connectivity index (χ0) is 48.6. The second-order valence-electron chi connectivity index (χ2n) is 15.4. The Balaban J connectivity index is 0. The third-order valence-electron chi connectivity index (χ3n) is 8.83. The number of halogens is 5. The summed E-state index contributed by atoms with van der Waals surface area (Å²) in [5.74, 6) is 0.853. The Labute approximate surface area is 499 Å². The summed E-state index contributed by atoms with van der Waals surface area (Å²) >= 11 is 9.98. The molecule has 0 bridgehead atoms. The van der Waals surface area contributed by atoms with Crippen molar-refractivity contribution in [3.8, 4) is 11.3 Å². The van der Waals surface area contributed by atoms with E-state index in [2.05, 4.69) is 53.1 Å². The Hall–Kier alpha value is -2.52. The van der Waals surface area contributed by atoms with E-state index in [0.717, 1.165) is 63.8 Å². The van der Waals surface area contributed by atoms with Crippen molar-refractivity contribution in [1.82, 2.24) is 0 Å². The van der Waals surface area contributed by atoms with Gasteiger partial charge in [0.15, 0.2) is 0 Å². The summed E-state index contributed by atoms with van der Waals surface area (Å²) in [5.41, 5.74) is 11.4. The maximum atomic E-state index is 12.3. The number of nitrogens with zero attached hydrogens (tertiary/aromatic N) is 2. The van der Waals surface area contributed by atoms with E-state index in [-0.39, 0.29) is 109 Å². The Morgan fingerprint density at radius 3 is 1.41 bits per heavy atom. The molecule has 0 saturated heterocycles. The van der Waals surface area contributed by atoms with Crippen LogP contribution in [0.3, 0.4) is 0 Å². The van der Waals surface area contributed by atoms with E-state index in [1.54, 1.807) is 32.9 Å². The molecule has 2 heterocycles. The number of fused-ring (bicyclic) bond motifs is 2. The van der Waals surface area contributed by atoms with Gasteiger partial charge >= 0.3 is 88.1 Å². The molecule has 0 aliphatic rings. The van der Waals surface area contributed by atoms with Crippen molar-refractivity contribution in [1.29, 1.82) is 0 Å². The third-order valence-corrected chi connectivity index (χ3v) is 10.4. The first-order valence-corrected chi connectivity index (χ1v) is 23.2. The molecule has 69 heavy (non-hydrogen) atoms. The van der Waals surface area contributed by atoms with Crippen LogP contribution in [0.4, 0.5) is 31.5 Å². The van der Waals surface area contributed by atoms with Crippen LogP contribution in [-0.2, 0) is 0 Å². The molecule has 0 fully saturated rings. The average Bonchev–Trinajstić information content (AvgIpc) is 3.94. The van der Waals surface area contributed by atoms with Crippen molar-refractivity contribution in [3.05, 3.63) is 171 Å². The minimum atomic E-state index is -1.53. The van der Waals surface area contributed by atoms with Crippen LogP contribution in [0, 0.1) is 0 Å². The molecule has 5 N–H and O–H groups in total. The summed E-state index contributed by atoms with van der Waals surface area (Å²) in [4.78, 5) is 3.77. The standard InChI is InChI=1S/C17H16FNO.C9H11BrFN.C8H7BO3.C7H8BrN.C6H6BrN.C4H9O.CH4.K.Na.H/c1-19(11-10-18)15-8-6-13(7-9-15)17-12-14-4-2-3-5-16(14)20-17;1-12(7-6-11)9-4-2-8(10)3-5-9;10-9(11)8-5-6-3-1-2-4-7(6)12-8;1-9-7-4-2-6(8)3-5-7;7-5-1-3-6(8)4-2-5;1-4(2,3)5;;;;/h2-9,12H,10-11H2,1H3;2-5H,6-7H2,1H3;1-5,10-11H;2-5,9H,1H3;1-4H,8H2;1-3H3;1H4;;;/q;;;;;-1;;2*+1;-1. The number of nitrogens with two attached hydrogens (primary N) is 1. The zero-order valence-electron chi connectivity index (χ0n) is 40.9. The summed E-state index contributed by atoms with van der Waals surface area (Å²) in [6, 6.07) is 50.3. The van der Waals surface area contributed by atoms with Crippen LogP contribution >= 0.6 is 47.8 Å². The van der Waals surface area contributed by atoms with Gasteiger partial charge in [-0.25, -0.2) is 8.78 Å². The van der Waals surface area contributed by atoms with Gasteiger partial charge in [-0.05, 0) is 121 Å². The normalized spacial score (nSPS) is 9.83. The summed E-state index contributed by atoms with van der Waals surface area (Å²) < 4.78 is 38.5. The van der Waals surface area contributed by atoms with Crippen molar-refractivity contribution in [3.63, 3.8) is 0 Å². The number of nitrogens with one attached hydrogen (secondary N) is 1. The quantitative estimate of drug-likeness (QED) is 0.0901. The van der Waals surface area contributed by atoms with Gasteiger partial charge in [0.2, 0.25) is 0 Å². The van der Waals surface area contributed by atoms with Crippen LogP contribution in [0.2, 0.25) is 0 Å². The molecule has 2 aromatic heterocycles. The molecule has 0 atom stereocenters. The molecule has 360 valence electrons. The Morgan fingerprint density at radius 1 is 0.652 bits per heavy atom. The van der Waals surface area contributed by atoms with Gasteiger partial charge in [0.25, 0.3) is 0 Å². The molecule has 6 aromatic carbocycles. The largest absolute Gasteiger partial charge is 1.00 e. The van der Waals surface area contributed by atoms with Gasteiger partial charge < -0.3 is 46.3 Å². The van der Waals surface area contributed by atoms with Crippen molar-refractivity contribution in [2.24, 2.45) is 0 Å². The van der Waals surface area contributed by atoms with Gasteiger partial charge in [0.1, 0.15) is 35.9 Å².